The van der Waals surface area contributed by atoms with Crippen LogP contribution in [0.3, 0.4) is 0 Å². The predicted octanol–water partition coefficient (Wildman–Crippen LogP) is 2.35. The van der Waals surface area contributed by atoms with Gasteiger partial charge >= 0.3 is 0 Å². The molecule has 6 nitrogen and oxygen atoms in total. The van der Waals surface area contributed by atoms with E-state index in [1.807, 2.05) is 29.2 Å². The molecule has 1 saturated heterocycles. The first-order valence-corrected chi connectivity index (χ1v) is 8.16. The molecule has 1 aliphatic heterocycles. The summed E-state index contributed by atoms with van der Waals surface area (Å²) in [5.74, 6) is 0.742. The van der Waals surface area contributed by atoms with Gasteiger partial charge in [0, 0.05) is 36.4 Å². The van der Waals surface area contributed by atoms with Crippen molar-refractivity contribution in [1.29, 1.82) is 5.41 Å². The van der Waals surface area contributed by atoms with E-state index in [1.165, 1.54) is 0 Å². The first-order valence-electron chi connectivity index (χ1n) is 8.16. The summed E-state index contributed by atoms with van der Waals surface area (Å²) < 4.78 is 13.3. The van der Waals surface area contributed by atoms with Gasteiger partial charge in [0.15, 0.2) is 0 Å². The molecule has 3 rings (SSSR count). The maximum Gasteiger partial charge on any atom is 0.128 e. The van der Waals surface area contributed by atoms with Gasteiger partial charge in [-0.3, -0.25) is 4.98 Å². The van der Waals surface area contributed by atoms with E-state index in [-0.39, 0.29) is 5.71 Å². The number of aromatic nitrogens is 2. The molecular formula is C18H21FN6. The normalized spacial score (nSPS) is 17.6. The van der Waals surface area contributed by atoms with Gasteiger partial charge in [0.05, 0.1) is 24.5 Å². The molecular weight excluding hydrogens is 319 g/mol. The quantitative estimate of drug-likeness (QED) is 0.702. The molecule has 130 valence electrons. The van der Waals surface area contributed by atoms with Crippen molar-refractivity contribution < 1.29 is 4.39 Å². The third-order valence-electron chi connectivity index (χ3n) is 4.00. The summed E-state index contributed by atoms with van der Waals surface area (Å²) in [4.78, 5) is 10.3. The second kappa shape index (κ2) is 7.74. The van der Waals surface area contributed by atoms with Crippen LogP contribution in [0.4, 0.5) is 15.9 Å². The number of allylic oxidation sites excluding steroid dienone is 1. The molecule has 0 amide bonds. The van der Waals surface area contributed by atoms with Gasteiger partial charge in [-0.2, -0.15) is 0 Å². The lowest BCUT2D eigenvalue weighted by atomic mass is 10.1. The minimum atomic E-state index is -0.783. The fourth-order valence-corrected chi connectivity index (χ4v) is 2.65. The SMILES string of the molecule is N=C(/C=C(\N)CNc1cccnc1)c1ccc(N2CC[C@H](F)C2)nc1. The number of hydrogen-bond acceptors (Lipinski definition) is 6. The molecule has 3 heterocycles. The summed E-state index contributed by atoms with van der Waals surface area (Å²) in [6.45, 7) is 1.49. The summed E-state index contributed by atoms with van der Waals surface area (Å²) in [6.07, 6.45) is 6.40. The molecule has 1 atom stereocenters. The summed E-state index contributed by atoms with van der Waals surface area (Å²) in [5, 5.41) is 11.3. The Balaban J connectivity index is 1.58. The molecule has 0 spiro atoms. The lowest BCUT2D eigenvalue weighted by Crippen LogP contribution is -2.21. The van der Waals surface area contributed by atoms with Crippen LogP contribution in [0.25, 0.3) is 0 Å². The topological polar surface area (TPSA) is 90.9 Å². The highest BCUT2D eigenvalue weighted by atomic mass is 19.1. The van der Waals surface area contributed by atoms with E-state index in [0.717, 1.165) is 11.5 Å². The molecule has 2 aromatic heterocycles. The number of rotatable bonds is 6. The van der Waals surface area contributed by atoms with Gasteiger partial charge in [0.1, 0.15) is 12.0 Å². The van der Waals surface area contributed by atoms with Gasteiger partial charge in [-0.05, 0) is 36.8 Å². The Labute approximate surface area is 146 Å². The number of nitrogens with zero attached hydrogens (tertiary/aromatic N) is 3. The second-order valence-electron chi connectivity index (χ2n) is 5.97. The third kappa shape index (κ3) is 4.53. The zero-order valence-electron chi connectivity index (χ0n) is 13.8. The molecule has 0 aliphatic carbocycles. The van der Waals surface area contributed by atoms with Gasteiger partial charge in [0.2, 0.25) is 0 Å². The Kier molecular flexibility index (Phi) is 5.23. The van der Waals surface area contributed by atoms with Crippen molar-refractivity contribution in [2.75, 3.05) is 29.9 Å². The maximum atomic E-state index is 13.3. The van der Waals surface area contributed by atoms with Crippen LogP contribution in [0.2, 0.25) is 0 Å². The van der Waals surface area contributed by atoms with Gasteiger partial charge in [-0.1, -0.05) is 0 Å². The van der Waals surface area contributed by atoms with Gasteiger partial charge in [-0.25, -0.2) is 9.37 Å². The van der Waals surface area contributed by atoms with Crippen LogP contribution in [0.5, 0.6) is 0 Å². The van der Waals surface area contributed by atoms with E-state index in [0.29, 0.717) is 37.3 Å². The van der Waals surface area contributed by atoms with Crippen molar-refractivity contribution >= 4 is 17.2 Å². The third-order valence-corrected chi connectivity index (χ3v) is 4.00. The standard InChI is InChI=1S/C18H21FN6/c19-14-5-7-25(12-14)18-4-3-13(9-24-18)17(21)8-15(20)10-23-16-2-1-6-22-11-16/h1-4,6,8-9,11,14,21,23H,5,7,10,12,20H2/b15-8-,21-17?/t14-/m0/s1. The number of halogens is 1. The van der Waals surface area contributed by atoms with Crippen molar-refractivity contribution in [3.63, 3.8) is 0 Å². The summed E-state index contributed by atoms with van der Waals surface area (Å²) in [5.41, 5.74) is 8.34. The Morgan fingerprint density at radius 3 is 2.92 bits per heavy atom. The van der Waals surface area contributed by atoms with Gasteiger partial charge in [-0.15, -0.1) is 0 Å². The summed E-state index contributed by atoms with van der Waals surface area (Å²) in [7, 11) is 0. The van der Waals surface area contributed by atoms with Crippen LogP contribution in [-0.4, -0.2) is 41.5 Å². The highest BCUT2D eigenvalue weighted by Crippen LogP contribution is 2.20. The largest absolute Gasteiger partial charge is 0.401 e. The minimum Gasteiger partial charge on any atom is -0.401 e. The van der Waals surface area contributed by atoms with Crippen LogP contribution in [0, 0.1) is 5.41 Å². The molecule has 1 aliphatic rings. The summed E-state index contributed by atoms with van der Waals surface area (Å²) in [6, 6.07) is 7.37. The number of alkyl halides is 1. The van der Waals surface area contributed by atoms with Crippen LogP contribution >= 0.6 is 0 Å². The second-order valence-corrected chi connectivity index (χ2v) is 5.97. The average molecular weight is 340 g/mol. The van der Waals surface area contributed by atoms with Crippen molar-refractivity contribution in [2.24, 2.45) is 5.73 Å². The molecule has 7 heteroatoms. The zero-order valence-corrected chi connectivity index (χ0v) is 13.8. The van der Waals surface area contributed by atoms with E-state index < -0.39 is 6.17 Å². The summed E-state index contributed by atoms with van der Waals surface area (Å²) >= 11 is 0. The van der Waals surface area contributed by atoms with Crippen LogP contribution in [-0.2, 0) is 0 Å². The number of hydrogen-bond donors (Lipinski definition) is 3. The molecule has 4 N–H and O–H groups in total. The average Bonchev–Trinajstić information content (AvgIpc) is 3.07. The predicted molar refractivity (Wildman–Crippen MR) is 97.8 cm³/mol. The van der Waals surface area contributed by atoms with Crippen molar-refractivity contribution in [3.8, 4) is 0 Å². The first kappa shape index (κ1) is 16.9. The number of anilines is 2. The number of nitrogens with two attached hydrogens (primary N) is 1. The van der Waals surface area contributed by atoms with E-state index in [9.17, 15) is 4.39 Å². The number of pyridine rings is 2. The Morgan fingerprint density at radius 1 is 1.40 bits per heavy atom. The number of nitrogens with one attached hydrogen (secondary N) is 2. The van der Waals surface area contributed by atoms with Gasteiger partial charge < -0.3 is 21.4 Å². The molecule has 0 radical (unpaired) electrons. The molecule has 1 fully saturated rings. The van der Waals surface area contributed by atoms with Gasteiger partial charge in [0.25, 0.3) is 0 Å². The molecule has 25 heavy (non-hydrogen) atoms. The lowest BCUT2D eigenvalue weighted by molar-refractivity contribution is 0.364. The Hall–Kier alpha value is -2.96. The van der Waals surface area contributed by atoms with Crippen molar-refractivity contribution in [1.82, 2.24) is 9.97 Å². The fourth-order valence-electron chi connectivity index (χ4n) is 2.65. The molecule has 2 aromatic rings. The lowest BCUT2D eigenvalue weighted by Gasteiger charge is -2.16. The molecule has 0 saturated carbocycles. The minimum absolute atomic E-state index is 0.286. The maximum absolute atomic E-state index is 13.3. The van der Waals surface area contributed by atoms with Crippen molar-refractivity contribution in [2.45, 2.75) is 12.6 Å². The molecule has 0 unspecified atom stereocenters. The fraction of sp³-hybridized carbons (Fsp3) is 0.278. The highest BCUT2D eigenvalue weighted by Gasteiger charge is 2.22. The van der Waals surface area contributed by atoms with Crippen LogP contribution < -0.4 is 16.0 Å². The van der Waals surface area contributed by atoms with E-state index >= 15 is 0 Å². The van der Waals surface area contributed by atoms with Crippen LogP contribution in [0.15, 0.2) is 54.6 Å². The Morgan fingerprint density at radius 2 is 2.28 bits per heavy atom. The van der Waals surface area contributed by atoms with Crippen molar-refractivity contribution in [3.05, 3.63) is 60.2 Å². The Bertz CT molecular complexity index is 744. The molecule has 0 bridgehead atoms. The van der Waals surface area contributed by atoms with Crippen LogP contribution in [0.1, 0.15) is 12.0 Å². The smallest absolute Gasteiger partial charge is 0.128 e. The highest BCUT2D eigenvalue weighted by molar-refractivity contribution is 6.06. The monoisotopic (exact) mass is 340 g/mol. The molecule has 0 aromatic carbocycles. The van der Waals surface area contributed by atoms with E-state index in [1.54, 1.807) is 24.7 Å². The van der Waals surface area contributed by atoms with E-state index in [2.05, 4.69) is 15.3 Å². The zero-order chi connectivity index (χ0) is 17.6. The first-order chi connectivity index (χ1) is 12.1. The van der Waals surface area contributed by atoms with E-state index in [4.69, 9.17) is 11.1 Å².